The molecule has 2 aliphatic rings. The number of rotatable bonds is 6. The van der Waals surface area contributed by atoms with Crippen molar-refractivity contribution in [1.82, 2.24) is 9.80 Å². The Balaban J connectivity index is 0.000000221. The quantitative estimate of drug-likeness (QED) is 0.524. The summed E-state index contributed by atoms with van der Waals surface area (Å²) in [6, 6.07) is 8.21. The first kappa shape index (κ1) is 23.3. The molecule has 156 valence electrons. The van der Waals surface area contributed by atoms with Gasteiger partial charge >= 0.3 is 0 Å². The molecule has 5 nitrogen and oxygen atoms in total. The van der Waals surface area contributed by atoms with Crippen molar-refractivity contribution in [3.63, 3.8) is 0 Å². The van der Waals surface area contributed by atoms with E-state index >= 15 is 0 Å². The number of carbonyl (C=O) groups is 1. The highest BCUT2D eigenvalue weighted by Gasteiger charge is 2.14. The van der Waals surface area contributed by atoms with Gasteiger partial charge in [0.05, 0.1) is 6.67 Å². The van der Waals surface area contributed by atoms with E-state index in [-0.39, 0.29) is 0 Å². The van der Waals surface area contributed by atoms with Crippen molar-refractivity contribution in [3.8, 4) is 0 Å². The fraction of sp³-hybridized carbons (Fsp3) is 0.435. The van der Waals surface area contributed by atoms with E-state index in [0.29, 0.717) is 12.3 Å². The van der Waals surface area contributed by atoms with Gasteiger partial charge in [0.25, 0.3) is 0 Å². The molecular formula is C23H32N4OS. The van der Waals surface area contributed by atoms with Gasteiger partial charge in [0.2, 0.25) is 0 Å². The largest absolute Gasteiger partial charge is 0.304 e. The van der Waals surface area contributed by atoms with Gasteiger partial charge in [0, 0.05) is 44.4 Å². The highest BCUT2D eigenvalue weighted by molar-refractivity contribution is 8.17. The summed E-state index contributed by atoms with van der Waals surface area (Å²) in [6.07, 6.45) is 5.25. The molecule has 0 bridgehead atoms. The molecule has 1 aromatic carbocycles. The number of nitrogens with zero attached hydrogens (tertiary/aromatic N) is 4. The minimum atomic E-state index is 0.526. The summed E-state index contributed by atoms with van der Waals surface area (Å²) < 4.78 is 0. The van der Waals surface area contributed by atoms with Crippen LogP contribution in [0.3, 0.4) is 0 Å². The lowest BCUT2D eigenvalue weighted by Crippen LogP contribution is -2.44. The van der Waals surface area contributed by atoms with Crippen molar-refractivity contribution in [2.45, 2.75) is 26.2 Å². The van der Waals surface area contributed by atoms with Gasteiger partial charge in [-0.2, -0.15) is 0 Å². The molecule has 0 N–H and O–H groups in total. The first-order chi connectivity index (χ1) is 14.0. The van der Waals surface area contributed by atoms with E-state index in [1.807, 2.05) is 23.6 Å². The maximum Gasteiger partial charge on any atom is 0.124 e. The molecule has 2 aliphatic heterocycles. The highest BCUT2D eigenvalue weighted by atomic mass is 32.2. The molecule has 0 aliphatic carbocycles. The van der Waals surface area contributed by atoms with E-state index in [4.69, 9.17) is 0 Å². The Hall–Kier alpha value is -2.02. The van der Waals surface area contributed by atoms with Gasteiger partial charge in [-0.3, -0.25) is 14.9 Å². The number of aliphatic imine (C=N–C) groups is 2. The molecule has 0 spiro atoms. The van der Waals surface area contributed by atoms with E-state index in [0.717, 1.165) is 55.3 Å². The van der Waals surface area contributed by atoms with Crippen LogP contribution in [0.4, 0.5) is 0 Å². The zero-order valence-electron chi connectivity index (χ0n) is 17.8. The lowest BCUT2D eigenvalue weighted by atomic mass is 10.0. The molecular weight excluding hydrogens is 380 g/mol. The van der Waals surface area contributed by atoms with Gasteiger partial charge in [-0.15, -0.1) is 0 Å². The third-order valence-corrected chi connectivity index (χ3v) is 5.74. The van der Waals surface area contributed by atoms with Crippen LogP contribution in [-0.2, 0) is 11.2 Å². The molecule has 2 heterocycles. The molecule has 1 saturated heterocycles. The summed E-state index contributed by atoms with van der Waals surface area (Å²) in [5.74, 6) is 0.565. The van der Waals surface area contributed by atoms with Crippen molar-refractivity contribution in [2.24, 2.45) is 9.98 Å². The molecule has 0 aromatic heterocycles. The number of hydrogen-bond acceptors (Lipinski definition) is 6. The Bertz CT molecular complexity index is 745. The Morgan fingerprint density at radius 1 is 1.17 bits per heavy atom. The number of carbonyl (C=O) groups excluding carboxylic acids is 1. The van der Waals surface area contributed by atoms with Gasteiger partial charge < -0.3 is 9.69 Å². The summed E-state index contributed by atoms with van der Waals surface area (Å²) in [5, 5.41) is 3.09. The SMILES string of the molecule is C=N/C=C1/C=CS/C1=N/CN1CCN(C)CC1.CC(C)c1ccc(CC=O)cc1. The topological polar surface area (TPSA) is 48.3 Å². The molecule has 29 heavy (non-hydrogen) atoms. The Labute approximate surface area is 179 Å². The molecule has 0 radical (unpaired) electrons. The average Bonchev–Trinajstić information content (AvgIpc) is 3.16. The Kier molecular flexibility index (Phi) is 10.0. The number of piperazine rings is 1. The predicted octanol–water partition coefficient (Wildman–Crippen LogP) is 3.99. The minimum absolute atomic E-state index is 0.526. The van der Waals surface area contributed by atoms with Gasteiger partial charge in [-0.25, -0.2) is 0 Å². The zero-order chi connectivity index (χ0) is 21.1. The van der Waals surface area contributed by atoms with Crippen LogP contribution >= 0.6 is 11.8 Å². The maximum absolute atomic E-state index is 10.2. The van der Waals surface area contributed by atoms with E-state index < -0.39 is 0 Å². The summed E-state index contributed by atoms with van der Waals surface area (Å²) in [7, 11) is 2.16. The van der Waals surface area contributed by atoms with Crippen molar-refractivity contribution in [2.75, 3.05) is 39.9 Å². The number of benzene rings is 1. The molecule has 0 amide bonds. The Morgan fingerprint density at radius 2 is 1.86 bits per heavy atom. The number of hydrogen-bond donors (Lipinski definition) is 0. The van der Waals surface area contributed by atoms with Crippen molar-refractivity contribution in [1.29, 1.82) is 0 Å². The minimum Gasteiger partial charge on any atom is -0.304 e. The second-order valence-corrected chi connectivity index (χ2v) is 8.38. The van der Waals surface area contributed by atoms with Crippen LogP contribution in [0, 0.1) is 0 Å². The maximum atomic E-state index is 10.2. The molecule has 3 rings (SSSR count). The summed E-state index contributed by atoms with van der Waals surface area (Å²) in [5.41, 5.74) is 3.48. The third-order valence-electron chi connectivity index (χ3n) is 4.88. The Morgan fingerprint density at radius 3 is 2.45 bits per heavy atom. The first-order valence-corrected chi connectivity index (χ1v) is 10.9. The van der Waals surface area contributed by atoms with Gasteiger partial charge in [0.15, 0.2) is 0 Å². The normalized spacial score (nSPS) is 20.1. The number of allylic oxidation sites excluding steroid dienone is 1. The van der Waals surface area contributed by atoms with Crippen LogP contribution in [0.1, 0.15) is 30.9 Å². The van der Waals surface area contributed by atoms with Crippen LogP contribution in [0.5, 0.6) is 0 Å². The lowest BCUT2D eigenvalue weighted by molar-refractivity contribution is -0.107. The standard InChI is InChI=1S/C12H18N4S.C11H14O/c1-13-9-11-3-8-17-12(11)14-10-16-6-4-15(2)5-7-16;1-9(2)11-5-3-10(4-6-11)7-8-12/h3,8-9H,1,4-7,10H2,2H3;3-6,8-9H,7H2,1-2H3/b11-9-,14-12+;. The monoisotopic (exact) mass is 412 g/mol. The van der Waals surface area contributed by atoms with E-state index in [2.05, 4.69) is 59.5 Å². The van der Waals surface area contributed by atoms with Gasteiger partial charge in [-0.05, 0) is 42.3 Å². The molecule has 0 saturated carbocycles. The summed E-state index contributed by atoms with van der Waals surface area (Å²) in [4.78, 5) is 23.4. The summed E-state index contributed by atoms with van der Waals surface area (Å²) in [6.45, 7) is 13.1. The van der Waals surface area contributed by atoms with Crippen LogP contribution in [0.2, 0.25) is 0 Å². The lowest BCUT2D eigenvalue weighted by Gasteiger charge is -2.31. The van der Waals surface area contributed by atoms with Crippen molar-refractivity contribution >= 4 is 29.8 Å². The first-order valence-electron chi connectivity index (χ1n) is 10.0. The third kappa shape index (κ3) is 8.09. The van der Waals surface area contributed by atoms with Crippen LogP contribution in [0.15, 0.2) is 57.5 Å². The predicted molar refractivity (Wildman–Crippen MR) is 126 cm³/mol. The average molecular weight is 413 g/mol. The number of thioether (sulfide) groups is 1. The molecule has 0 unspecified atom stereocenters. The zero-order valence-corrected chi connectivity index (χ0v) is 18.6. The van der Waals surface area contributed by atoms with E-state index in [1.54, 1.807) is 18.0 Å². The van der Waals surface area contributed by atoms with Gasteiger partial charge in [-0.1, -0.05) is 49.9 Å². The van der Waals surface area contributed by atoms with Crippen molar-refractivity contribution < 1.29 is 4.79 Å². The molecule has 0 atom stereocenters. The number of aldehydes is 1. The fourth-order valence-corrected chi connectivity index (χ4v) is 3.66. The number of likely N-dealkylation sites (N-methyl/N-ethyl adjacent to an activating group) is 1. The smallest absolute Gasteiger partial charge is 0.124 e. The van der Waals surface area contributed by atoms with Crippen LogP contribution < -0.4 is 0 Å². The van der Waals surface area contributed by atoms with E-state index in [1.165, 1.54) is 5.56 Å². The fourth-order valence-electron chi connectivity index (χ4n) is 2.92. The summed E-state index contributed by atoms with van der Waals surface area (Å²) >= 11 is 1.66. The molecule has 6 heteroatoms. The second-order valence-electron chi connectivity index (χ2n) is 7.48. The highest BCUT2D eigenvalue weighted by Crippen LogP contribution is 2.23. The molecule has 1 aromatic rings. The van der Waals surface area contributed by atoms with Crippen molar-refractivity contribution in [3.05, 3.63) is 58.6 Å². The van der Waals surface area contributed by atoms with Gasteiger partial charge in [0.1, 0.15) is 11.3 Å². The van der Waals surface area contributed by atoms with Crippen LogP contribution in [-0.4, -0.2) is 67.7 Å². The van der Waals surface area contributed by atoms with E-state index in [9.17, 15) is 4.79 Å². The molecule has 1 fully saturated rings. The van der Waals surface area contributed by atoms with Crippen LogP contribution in [0.25, 0.3) is 0 Å². The second kappa shape index (κ2) is 12.5.